The zero-order chi connectivity index (χ0) is 22.0. The van der Waals surface area contributed by atoms with Crippen molar-refractivity contribution in [1.82, 2.24) is 15.2 Å². The fraction of sp³-hybridized carbons (Fsp3) is 0.273. The van der Waals surface area contributed by atoms with Crippen LogP contribution < -0.4 is 10.1 Å². The second-order valence-electron chi connectivity index (χ2n) is 7.39. The Labute approximate surface area is 176 Å². The summed E-state index contributed by atoms with van der Waals surface area (Å²) in [7, 11) is 1.34. The van der Waals surface area contributed by atoms with Crippen molar-refractivity contribution in [2.75, 3.05) is 19.0 Å². The van der Waals surface area contributed by atoms with Crippen molar-refractivity contribution < 1.29 is 17.9 Å². The van der Waals surface area contributed by atoms with Crippen LogP contribution in [0.25, 0.3) is 11.3 Å². The Bertz CT molecular complexity index is 1140. The molecule has 1 aliphatic rings. The van der Waals surface area contributed by atoms with Crippen LogP contribution in [0.5, 0.6) is 5.75 Å². The Hall–Kier alpha value is -3.67. The molecule has 31 heavy (non-hydrogen) atoms. The van der Waals surface area contributed by atoms with E-state index in [1.54, 1.807) is 6.07 Å². The predicted molar refractivity (Wildman–Crippen MR) is 107 cm³/mol. The van der Waals surface area contributed by atoms with Crippen LogP contribution >= 0.6 is 0 Å². The Morgan fingerprint density at radius 3 is 2.58 bits per heavy atom. The molecule has 1 N–H and O–H groups in total. The Balaban J connectivity index is 1.56. The van der Waals surface area contributed by atoms with Crippen LogP contribution in [0.3, 0.4) is 0 Å². The highest BCUT2D eigenvalue weighted by atomic mass is 19.1. The SMILES string of the molecule is COc1c(C#N)ccc(F)c1-c1ccc(NCC2(c3ncccc3F)CC(F)C2)nn1. The Morgan fingerprint density at radius 1 is 1.16 bits per heavy atom. The number of nitrogens with zero attached hydrogens (tertiary/aromatic N) is 4. The molecule has 2 heterocycles. The number of alkyl halides is 1. The molecule has 1 aromatic carbocycles. The quantitative estimate of drug-likeness (QED) is 0.638. The standard InChI is InChI=1S/C22H18F3N5O/c1-31-20-13(11-26)4-5-15(24)19(20)17-6-7-18(30-29-17)28-12-22(9-14(23)10-22)21-16(25)3-2-8-27-21/h2-8,14H,9-10,12H2,1H3,(H,28,30). The number of ether oxygens (including phenoxy) is 1. The average Bonchev–Trinajstić information content (AvgIpc) is 2.76. The summed E-state index contributed by atoms with van der Waals surface area (Å²) in [6, 6.07) is 10.3. The first kappa shape index (κ1) is 20.6. The van der Waals surface area contributed by atoms with Crippen LogP contribution in [0, 0.1) is 23.0 Å². The van der Waals surface area contributed by atoms with E-state index < -0.39 is 23.2 Å². The molecule has 0 spiro atoms. The van der Waals surface area contributed by atoms with E-state index >= 15 is 0 Å². The predicted octanol–water partition coefficient (Wildman–Crippen LogP) is 4.18. The lowest BCUT2D eigenvalue weighted by atomic mass is 9.65. The molecule has 0 radical (unpaired) electrons. The third kappa shape index (κ3) is 3.77. The highest BCUT2D eigenvalue weighted by molar-refractivity contribution is 5.72. The van der Waals surface area contributed by atoms with Gasteiger partial charge in [-0.2, -0.15) is 5.26 Å². The van der Waals surface area contributed by atoms with Crippen LogP contribution in [0.15, 0.2) is 42.6 Å². The average molecular weight is 425 g/mol. The normalized spacial score (nSPS) is 19.9. The maximum absolute atomic E-state index is 14.4. The number of anilines is 1. The molecule has 3 aromatic rings. The molecule has 1 saturated carbocycles. The van der Waals surface area contributed by atoms with Crippen LogP contribution in [0.4, 0.5) is 19.0 Å². The maximum atomic E-state index is 14.4. The van der Waals surface area contributed by atoms with Gasteiger partial charge in [-0.3, -0.25) is 4.98 Å². The summed E-state index contributed by atoms with van der Waals surface area (Å²) in [6.45, 7) is 0.219. The first-order valence-electron chi connectivity index (χ1n) is 9.57. The maximum Gasteiger partial charge on any atom is 0.149 e. The first-order chi connectivity index (χ1) is 15.0. The second-order valence-corrected chi connectivity index (χ2v) is 7.39. The molecular weight excluding hydrogens is 407 g/mol. The summed E-state index contributed by atoms with van der Waals surface area (Å²) >= 11 is 0. The number of hydrogen-bond acceptors (Lipinski definition) is 6. The third-order valence-electron chi connectivity index (χ3n) is 5.45. The van der Waals surface area contributed by atoms with Crippen LogP contribution in [0.1, 0.15) is 24.1 Å². The number of halogens is 3. The largest absolute Gasteiger partial charge is 0.495 e. The minimum absolute atomic E-state index is 0.0342. The van der Waals surface area contributed by atoms with Crippen LogP contribution in [-0.4, -0.2) is 35.0 Å². The van der Waals surface area contributed by atoms with E-state index in [-0.39, 0.29) is 47.7 Å². The van der Waals surface area contributed by atoms with Gasteiger partial charge in [0.15, 0.2) is 0 Å². The monoisotopic (exact) mass is 425 g/mol. The minimum Gasteiger partial charge on any atom is -0.495 e. The fourth-order valence-corrected chi connectivity index (χ4v) is 3.90. The number of pyridine rings is 1. The molecule has 4 rings (SSSR count). The first-order valence-corrected chi connectivity index (χ1v) is 9.57. The van der Waals surface area contributed by atoms with Gasteiger partial charge in [0.05, 0.1) is 29.6 Å². The number of hydrogen-bond donors (Lipinski definition) is 1. The molecule has 6 nitrogen and oxygen atoms in total. The van der Waals surface area contributed by atoms with E-state index in [0.29, 0.717) is 5.82 Å². The van der Waals surface area contributed by atoms with Crippen LogP contribution in [0.2, 0.25) is 0 Å². The summed E-state index contributed by atoms with van der Waals surface area (Å²) < 4.78 is 47.6. The number of nitrogens with one attached hydrogen (secondary N) is 1. The van der Waals surface area contributed by atoms with E-state index in [1.165, 1.54) is 43.6 Å². The van der Waals surface area contributed by atoms with Gasteiger partial charge in [-0.25, -0.2) is 13.2 Å². The molecule has 0 unspecified atom stereocenters. The van der Waals surface area contributed by atoms with Gasteiger partial charge in [-0.1, -0.05) is 0 Å². The van der Waals surface area contributed by atoms with E-state index in [2.05, 4.69) is 20.5 Å². The number of aromatic nitrogens is 3. The number of rotatable bonds is 6. The van der Waals surface area contributed by atoms with Gasteiger partial charge in [0, 0.05) is 18.2 Å². The Kier molecular flexibility index (Phi) is 5.46. The highest BCUT2D eigenvalue weighted by Crippen LogP contribution is 2.45. The molecule has 0 aliphatic heterocycles. The van der Waals surface area contributed by atoms with Crippen molar-refractivity contribution in [1.29, 1.82) is 5.26 Å². The summed E-state index contributed by atoms with van der Waals surface area (Å²) in [5.41, 5.74) is -0.155. The third-order valence-corrected chi connectivity index (χ3v) is 5.45. The minimum atomic E-state index is -1.01. The lowest BCUT2D eigenvalue weighted by Gasteiger charge is -2.44. The zero-order valence-electron chi connectivity index (χ0n) is 16.6. The van der Waals surface area contributed by atoms with E-state index in [4.69, 9.17) is 4.74 Å². The molecule has 2 aromatic heterocycles. The number of benzene rings is 1. The van der Waals surface area contributed by atoms with Gasteiger partial charge in [0.2, 0.25) is 0 Å². The molecule has 158 valence electrons. The lowest BCUT2D eigenvalue weighted by molar-refractivity contribution is 0.0964. The van der Waals surface area contributed by atoms with Gasteiger partial charge in [-0.05, 0) is 49.2 Å². The smallest absolute Gasteiger partial charge is 0.149 e. The topological polar surface area (TPSA) is 83.7 Å². The van der Waals surface area contributed by atoms with Crippen molar-refractivity contribution in [3.05, 3.63) is 65.5 Å². The molecule has 0 bridgehead atoms. The number of nitriles is 1. The Morgan fingerprint density at radius 2 is 1.97 bits per heavy atom. The van der Waals surface area contributed by atoms with Gasteiger partial charge in [0.1, 0.15) is 35.4 Å². The van der Waals surface area contributed by atoms with Gasteiger partial charge in [0.25, 0.3) is 0 Å². The van der Waals surface area contributed by atoms with Crippen molar-refractivity contribution in [3.63, 3.8) is 0 Å². The fourth-order valence-electron chi connectivity index (χ4n) is 3.90. The van der Waals surface area contributed by atoms with E-state index in [0.717, 1.165) is 0 Å². The lowest BCUT2D eigenvalue weighted by Crippen LogP contribution is -2.49. The summed E-state index contributed by atoms with van der Waals surface area (Å²) in [6.07, 6.45) is 0.781. The van der Waals surface area contributed by atoms with Gasteiger partial charge in [-0.15, -0.1) is 10.2 Å². The van der Waals surface area contributed by atoms with Crippen molar-refractivity contribution in [2.45, 2.75) is 24.4 Å². The summed E-state index contributed by atoms with van der Waals surface area (Å²) in [5.74, 6) is -0.639. The molecule has 9 heteroatoms. The van der Waals surface area contributed by atoms with Crippen molar-refractivity contribution in [3.8, 4) is 23.1 Å². The summed E-state index contributed by atoms with van der Waals surface area (Å²) in [5, 5.41) is 20.3. The zero-order valence-corrected chi connectivity index (χ0v) is 16.6. The van der Waals surface area contributed by atoms with Crippen LogP contribution in [-0.2, 0) is 5.41 Å². The van der Waals surface area contributed by atoms with Crippen molar-refractivity contribution in [2.24, 2.45) is 0 Å². The summed E-state index contributed by atoms with van der Waals surface area (Å²) in [4.78, 5) is 4.12. The van der Waals surface area contributed by atoms with E-state index in [9.17, 15) is 18.4 Å². The molecular formula is C22H18F3N5O. The molecule has 0 saturated heterocycles. The van der Waals surface area contributed by atoms with Crippen molar-refractivity contribution >= 4 is 5.82 Å². The van der Waals surface area contributed by atoms with Gasteiger partial charge < -0.3 is 10.1 Å². The van der Waals surface area contributed by atoms with Gasteiger partial charge >= 0.3 is 0 Å². The van der Waals surface area contributed by atoms with E-state index in [1.807, 2.05) is 6.07 Å². The highest BCUT2D eigenvalue weighted by Gasteiger charge is 2.48. The molecule has 0 amide bonds. The second kappa shape index (κ2) is 8.22. The molecule has 1 fully saturated rings. The molecule has 0 atom stereocenters. The molecule has 1 aliphatic carbocycles. The number of methoxy groups -OCH3 is 1.